The summed E-state index contributed by atoms with van der Waals surface area (Å²) in [6, 6.07) is 12.9. The van der Waals surface area contributed by atoms with Crippen LogP contribution in [0.2, 0.25) is 0 Å². The molecule has 0 bridgehead atoms. The van der Waals surface area contributed by atoms with Crippen LogP contribution in [0.5, 0.6) is 5.75 Å². The lowest BCUT2D eigenvalue weighted by Gasteiger charge is -2.19. The molecule has 0 radical (unpaired) electrons. The van der Waals surface area contributed by atoms with Gasteiger partial charge in [0.15, 0.2) is 6.10 Å². The number of benzene rings is 2. The van der Waals surface area contributed by atoms with E-state index in [1.807, 2.05) is 32.9 Å². The van der Waals surface area contributed by atoms with Crippen LogP contribution in [-0.4, -0.2) is 37.2 Å². The average molecular weight is 411 g/mol. The number of hydrogen-bond acceptors (Lipinski definition) is 4. The average Bonchev–Trinajstić information content (AvgIpc) is 3.23. The fraction of sp³-hybridized carbons (Fsp3) is 0.417. The molecule has 0 spiro atoms. The van der Waals surface area contributed by atoms with Crippen LogP contribution in [0.25, 0.3) is 0 Å². The fourth-order valence-corrected chi connectivity index (χ4v) is 3.60. The Hall–Kier alpha value is -2.86. The molecular weight excluding hydrogens is 380 g/mol. The molecule has 6 heteroatoms. The number of nitrogens with one attached hydrogen (secondary N) is 2. The number of anilines is 1. The zero-order chi connectivity index (χ0) is 21.5. The molecule has 3 rings (SSSR count). The number of carbonyl (C=O) groups excluding carboxylic acids is 2. The number of rotatable bonds is 8. The molecule has 30 heavy (non-hydrogen) atoms. The Labute approximate surface area is 178 Å². The Bertz CT molecular complexity index is 870. The van der Waals surface area contributed by atoms with E-state index >= 15 is 0 Å². The summed E-state index contributed by atoms with van der Waals surface area (Å²) in [5.74, 6) is 0.151. The fourth-order valence-electron chi connectivity index (χ4n) is 3.60. The third kappa shape index (κ3) is 5.83. The summed E-state index contributed by atoms with van der Waals surface area (Å²) in [5, 5.41) is 5.77. The molecule has 0 unspecified atom stereocenters. The molecule has 0 saturated carbocycles. The lowest BCUT2D eigenvalue weighted by molar-refractivity contribution is -0.122. The van der Waals surface area contributed by atoms with E-state index in [9.17, 15) is 9.59 Å². The molecule has 6 nitrogen and oxygen atoms in total. The van der Waals surface area contributed by atoms with Gasteiger partial charge < -0.3 is 20.1 Å². The number of ether oxygens (including phenoxy) is 2. The zero-order valence-electron chi connectivity index (χ0n) is 17.9. The molecule has 0 aliphatic carbocycles. The molecule has 160 valence electrons. The van der Waals surface area contributed by atoms with Gasteiger partial charge in [-0.15, -0.1) is 0 Å². The monoisotopic (exact) mass is 410 g/mol. The molecular formula is C24H30N2O4. The maximum absolute atomic E-state index is 12.9. The maximum Gasteiger partial charge on any atom is 0.265 e. The highest BCUT2D eigenvalue weighted by Crippen LogP contribution is 2.21. The van der Waals surface area contributed by atoms with Crippen molar-refractivity contribution in [3.05, 3.63) is 59.2 Å². The van der Waals surface area contributed by atoms with E-state index < -0.39 is 6.10 Å². The lowest BCUT2D eigenvalue weighted by Crippen LogP contribution is -2.35. The Morgan fingerprint density at radius 3 is 2.57 bits per heavy atom. The molecule has 0 aromatic heterocycles. The smallest absolute Gasteiger partial charge is 0.265 e. The van der Waals surface area contributed by atoms with Crippen molar-refractivity contribution in [1.29, 1.82) is 0 Å². The molecule has 1 saturated heterocycles. The van der Waals surface area contributed by atoms with Crippen molar-refractivity contribution in [2.45, 2.75) is 52.2 Å². The van der Waals surface area contributed by atoms with E-state index in [4.69, 9.17) is 9.47 Å². The van der Waals surface area contributed by atoms with E-state index in [1.54, 1.807) is 24.3 Å². The predicted molar refractivity (Wildman–Crippen MR) is 117 cm³/mol. The summed E-state index contributed by atoms with van der Waals surface area (Å²) < 4.78 is 11.5. The molecule has 2 amide bonds. The first-order chi connectivity index (χ1) is 14.5. The number of para-hydroxylation sites is 1. The van der Waals surface area contributed by atoms with Crippen molar-refractivity contribution < 1.29 is 19.1 Å². The molecule has 1 heterocycles. The normalized spacial score (nSPS) is 16.7. The van der Waals surface area contributed by atoms with Crippen molar-refractivity contribution in [3.63, 3.8) is 0 Å². The van der Waals surface area contributed by atoms with Crippen LogP contribution < -0.4 is 15.4 Å². The molecule has 2 aromatic rings. The second kappa shape index (κ2) is 10.3. The van der Waals surface area contributed by atoms with Crippen molar-refractivity contribution in [3.8, 4) is 5.75 Å². The standard InChI is InChI=1S/C24H30N2O4/c1-4-22(30-19-13-16(2)12-17(3)14-19)24(28)26-21-10-6-5-9-20(21)23(27)25-15-18-8-7-11-29-18/h5-6,9-10,12-14,18,22H,4,7-8,11,15H2,1-3H3,(H,25,27)(H,26,28)/t18-,22+/m0/s1. The van der Waals surface area contributed by atoms with Gasteiger partial charge in [-0.3, -0.25) is 9.59 Å². The molecule has 2 N–H and O–H groups in total. The number of hydrogen-bond donors (Lipinski definition) is 2. The Morgan fingerprint density at radius 1 is 1.17 bits per heavy atom. The first-order valence-corrected chi connectivity index (χ1v) is 10.5. The van der Waals surface area contributed by atoms with Crippen LogP contribution in [0, 0.1) is 13.8 Å². The summed E-state index contributed by atoms with van der Waals surface area (Å²) in [6.45, 7) is 7.09. The van der Waals surface area contributed by atoms with Crippen LogP contribution in [0.3, 0.4) is 0 Å². The van der Waals surface area contributed by atoms with Crippen LogP contribution in [0.4, 0.5) is 5.69 Å². The van der Waals surface area contributed by atoms with Gasteiger partial charge in [0.1, 0.15) is 5.75 Å². The van der Waals surface area contributed by atoms with Crippen LogP contribution >= 0.6 is 0 Å². The summed E-state index contributed by atoms with van der Waals surface area (Å²) in [5.41, 5.74) is 3.04. The first kappa shape index (κ1) is 21.8. The summed E-state index contributed by atoms with van der Waals surface area (Å²) >= 11 is 0. The Balaban J connectivity index is 1.66. The Morgan fingerprint density at radius 2 is 1.90 bits per heavy atom. The van der Waals surface area contributed by atoms with Crippen molar-refractivity contribution in [2.75, 3.05) is 18.5 Å². The van der Waals surface area contributed by atoms with E-state index in [1.165, 1.54) is 0 Å². The highest BCUT2D eigenvalue weighted by molar-refractivity contribution is 6.04. The van der Waals surface area contributed by atoms with Crippen LogP contribution in [0.1, 0.15) is 47.7 Å². The molecule has 1 aliphatic heterocycles. The van der Waals surface area contributed by atoms with E-state index in [2.05, 4.69) is 16.7 Å². The minimum absolute atomic E-state index is 0.0614. The predicted octanol–water partition coefficient (Wildman–Crippen LogP) is 4.01. The van der Waals surface area contributed by atoms with Gasteiger partial charge in [0, 0.05) is 13.2 Å². The second-order valence-corrected chi connectivity index (χ2v) is 7.72. The SMILES string of the molecule is CC[C@@H](Oc1cc(C)cc(C)c1)C(=O)Nc1ccccc1C(=O)NC[C@@H]1CCCO1. The minimum Gasteiger partial charge on any atom is -0.481 e. The van der Waals surface area contributed by atoms with Gasteiger partial charge in [0.25, 0.3) is 11.8 Å². The third-order valence-electron chi connectivity index (χ3n) is 5.08. The quantitative estimate of drug-likeness (QED) is 0.689. The maximum atomic E-state index is 12.9. The molecule has 2 atom stereocenters. The summed E-state index contributed by atoms with van der Waals surface area (Å²) in [7, 11) is 0. The van der Waals surface area contributed by atoms with Crippen molar-refractivity contribution in [2.24, 2.45) is 0 Å². The zero-order valence-corrected chi connectivity index (χ0v) is 17.9. The van der Waals surface area contributed by atoms with Gasteiger partial charge in [0.2, 0.25) is 0 Å². The molecule has 1 aliphatic rings. The van der Waals surface area contributed by atoms with E-state index in [-0.39, 0.29) is 17.9 Å². The van der Waals surface area contributed by atoms with Gasteiger partial charge in [0.05, 0.1) is 17.4 Å². The highest BCUT2D eigenvalue weighted by Gasteiger charge is 2.22. The number of amides is 2. The summed E-state index contributed by atoms with van der Waals surface area (Å²) in [6.07, 6.45) is 1.88. The second-order valence-electron chi connectivity index (χ2n) is 7.72. The lowest BCUT2D eigenvalue weighted by atomic mass is 10.1. The van der Waals surface area contributed by atoms with Gasteiger partial charge in [-0.25, -0.2) is 0 Å². The van der Waals surface area contributed by atoms with Crippen molar-refractivity contribution in [1.82, 2.24) is 5.32 Å². The number of aryl methyl sites for hydroxylation is 2. The molecule has 1 fully saturated rings. The van der Waals surface area contributed by atoms with Gasteiger partial charge in [-0.05, 0) is 68.5 Å². The van der Waals surface area contributed by atoms with E-state index in [0.717, 1.165) is 30.6 Å². The third-order valence-corrected chi connectivity index (χ3v) is 5.08. The first-order valence-electron chi connectivity index (χ1n) is 10.5. The largest absolute Gasteiger partial charge is 0.481 e. The topological polar surface area (TPSA) is 76.7 Å². The van der Waals surface area contributed by atoms with E-state index in [0.29, 0.717) is 30.0 Å². The van der Waals surface area contributed by atoms with Crippen LogP contribution in [-0.2, 0) is 9.53 Å². The molecule has 2 aromatic carbocycles. The highest BCUT2D eigenvalue weighted by atomic mass is 16.5. The van der Waals surface area contributed by atoms with Gasteiger partial charge in [-0.2, -0.15) is 0 Å². The Kier molecular flexibility index (Phi) is 7.46. The minimum atomic E-state index is -0.658. The van der Waals surface area contributed by atoms with Gasteiger partial charge in [-0.1, -0.05) is 25.1 Å². The van der Waals surface area contributed by atoms with Crippen molar-refractivity contribution >= 4 is 17.5 Å². The van der Waals surface area contributed by atoms with Gasteiger partial charge >= 0.3 is 0 Å². The number of carbonyl (C=O) groups is 2. The van der Waals surface area contributed by atoms with Crippen LogP contribution in [0.15, 0.2) is 42.5 Å². The summed E-state index contributed by atoms with van der Waals surface area (Å²) in [4.78, 5) is 25.5.